The van der Waals surface area contributed by atoms with Crippen LogP contribution in [0.15, 0.2) is 34.8 Å². The van der Waals surface area contributed by atoms with Crippen molar-refractivity contribution in [2.75, 3.05) is 5.32 Å². The van der Waals surface area contributed by atoms with E-state index in [1.165, 1.54) is 5.56 Å². The second-order valence-electron chi connectivity index (χ2n) is 6.85. The Bertz CT molecular complexity index is 946. The van der Waals surface area contributed by atoms with Gasteiger partial charge in [-0.05, 0) is 48.6 Å². The number of hydrogen-bond donors (Lipinski definition) is 1. The maximum atomic E-state index is 6.49. The monoisotopic (exact) mass is 467 g/mol. The number of benzene rings is 2. The number of anilines is 2. The van der Waals surface area contributed by atoms with E-state index in [9.17, 15) is 0 Å². The lowest BCUT2D eigenvalue weighted by Gasteiger charge is -2.18. The summed E-state index contributed by atoms with van der Waals surface area (Å²) in [7, 11) is 2.03. The minimum absolute atomic E-state index is 0.513. The van der Waals surface area contributed by atoms with Gasteiger partial charge in [0.1, 0.15) is 5.52 Å². The summed E-state index contributed by atoms with van der Waals surface area (Å²) in [6, 6.07) is 9.89. The van der Waals surface area contributed by atoms with Gasteiger partial charge < -0.3 is 9.88 Å². The summed E-state index contributed by atoms with van der Waals surface area (Å²) >= 11 is 16.3. The van der Waals surface area contributed by atoms with Crippen LogP contribution in [-0.2, 0) is 7.05 Å². The summed E-state index contributed by atoms with van der Waals surface area (Å²) in [5, 5.41) is 4.66. The zero-order valence-electron chi connectivity index (χ0n) is 15.8. The average Bonchev–Trinajstić information content (AvgIpc) is 2.96. The van der Waals surface area contributed by atoms with Crippen molar-refractivity contribution in [2.45, 2.75) is 45.4 Å². The van der Waals surface area contributed by atoms with Gasteiger partial charge in [0, 0.05) is 11.5 Å². The Labute approximate surface area is 179 Å². The molecule has 3 aromatic rings. The number of imidazole rings is 1. The summed E-state index contributed by atoms with van der Waals surface area (Å²) < 4.78 is 3.03. The van der Waals surface area contributed by atoms with E-state index < -0.39 is 0 Å². The van der Waals surface area contributed by atoms with Crippen molar-refractivity contribution in [3.63, 3.8) is 0 Å². The summed E-state index contributed by atoms with van der Waals surface area (Å²) in [4.78, 5) is 4.78. The van der Waals surface area contributed by atoms with Crippen molar-refractivity contribution < 1.29 is 0 Å². The Morgan fingerprint density at radius 1 is 1.07 bits per heavy atom. The lowest BCUT2D eigenvalue weighted by molar-refractivity contribution is 0.562. The van der Waals surface area contributed by atoms with Crippen molar-refractivity contribution in [1.82, 2.24) is 9.55 Å². The van der Waals surface area contributed by atoms with Gasteiger partial charge in [0.15, 0.2) is 0 Å². The SMILES string of the molecule is CCCC(CCC)c1ccc(Cl)c2nc(Nc3ccc(Br)cc3Cl)n(C)c12. The average molecular weight is 469 g/mol. The van der Waals surface area contributed by atoms with Gasteiger partial charge in [0.25, 0.3) is 0 Å². The quantitative estimate of drug-likeness (QED) is 0.379. The highest BCUT2D eigenvalue weighted by atomic mass is 79.9. The van der Waals surface area contributed by atoms with Gasteiger partial charge in [-0.1, -0.05) is 71.9 Å². The van der Waals surface area contributed by atoms with E-state index in [-0.39, 0.29) is 0 Å². The molecule has 0 amide bonds. The lowest BCUT2D eigenvalue weighted by Crippen LogP contribution is -2.04. The van der Waals surface area contributed by atoms with Crippen molar-refractivity contribution in [2.24, 2.45) is 7.05 Å². The molecule has 1 heterocycles. The van der Waals surface area contributed by atoms with E-state index in [1.807, 2.05) is 31.3 Å². The van der Waals surface area contributed by atoms with Gasteiger partial charge in [-0.2, -0.15) is 0 Å². The van der Waals surface area contributed by atoms with Crippen LogP contribution < -0.4 is 5.32 Å². The minimum Gasteiger partial charge on any atom is -0.324 e. The molecule has 0 fully saturated rings. The number of aryl methyl sites for hydroxylation is 1. The van der Waals surface area contributed by atoms with Crippen LogP contribution in [0.2, 0.25) is 10.0 Å². The highest BCUT2D eigenvalue weighted by Gasteiger charge is 2.20. The smallest absolute Gasteiger partial charge is 0.208 e. The van der Waals surface area contributed by atoms with E-state index in [0.717, 1.165) is 52.8 Å². The van der Waals surface area contributed by atoms with Crippen LogP contribution >= 0.6 is 39.1 Å². The summed E-state index contributed by atoms with van der Waals surface area (Å²) in [6.45, 7) is 4.48. The second-order valence-corrected chi connectivity index (χ2v) is 8.58. The zero-order chi connectivity index (χ0) is 19.6. The van der Waals surface area contributed by atoms with Gasteiger partial charge in [-0.3, -0.25) is 0 Å². The molecule has 0 aliphatic heterocycles. The number of rotatable bonds is 7. The third kappa shape index (κ3) is 4.28. The van der Waals surface area contributed by atoms with E-state index in [1.54, 1.807) is 0 Å². The highest BCUT2D eigenvalue weighted by Crippen LogP contribution is 2.37. The molecule has 0 radical (unpaired) electrons. The summed E-state index contributed by atoms with van der Waals surface area (Å²) in [5.41, 5.74) is 4.08. The molecular weight excluding hydrogens is 445 g/mol. The van der Waals surface area contributed by atoms with Crippen molar-refractivity contribution >= 4 is 61.8 Å². The Morgan fingerprint density at radius 2 is 1.78 bits per heavy atom. The van der Waals surface area contributed by atoms with Gasteiger partial charge in [-0.25, -0.2) is 4.98 Å². The first-order valence-electron chi connectivity index (χ1n) is 9.33. The van der Waals surface area contributed by atoms with Gasteiger partial charge in [0.2, 0.25) is 5.95 Å². The van der Waals surface area contributed by atoms with Crippen LogP contribution in [0.4, 0.5) is 11.6 Å². The lowest BCUT2D eigenvalue weighted by atomic mass is 9.89. The number of aromatic nitrogens is 2. The molecule has 144 valence electrons. The van der Waals surface area contributed by atoms with E-state index in [0.29, 0.717) is 16.0 Å². The Kier molecular flexibility index (Phi) is 6.72. The molecule has 0 bridgehead atoms. The van der Waals surface area contributed by atoms with Crippen LogP contribution in [-0.4, -0.2) is 9.55 Å². The number of nitrogens with zero attached hydrogens (tertiary/aromatic N) is 2. The van der Waals surface area contributed by atoms with Gasteiger partial charge >= 0.3 is 0 Å². The predicted molar refractivity (Wildman–Crippen MR) is 121 cm³/mol. The van der Waals surface area contributed by atoms with Crippen LogP contribution in [0.5, 0.6) is 0 Å². The predicted octanol–water partition coefficient (Wildman–Crippen LogP) is 8.07. The molecule has 0 aliphatic rings. The molecule has 1 N–H and O–H groups in total. The molecule has 0 spiro atoms. The minimum atomic E-state index is 0.513. The van der Waals surface area contributed by atoms with E-state index >= 15 is 0 Å². The standard InChI is InChI=1S/C21H24BrCl2N3/c1-4-6-13(7-5-2)15-9-10-16(23)19-20(15)27(3)21(26-19)25-18-11-8-14(22)12-17(18)24/h8-13H,4-7H2,1-3H3,(H,25,26). The highest BCUT2D eigenvalue weighted by molar-refractivity contribution is 9.10. The maximum Gasteiger partial charge on any atom is 0.208 e. The molecule has 2 aromatic carbocycles. The molecular formula is C21H24BrCl2N3. The Balaban J connectivity index is 2.10. The second kappa shape index (κ2) is 8.85. The first-order chi connectivity index (χ1) is 13.0. The van der Waals surface area contributed by atoms with Gasteiger partial charge in [-0.15, -0.1) is 0 Å². The first kappa shape index (κ1) is 20.5. The molecule has 0 saturated heterocycles. The van der Waals surface area contributed by atoms with E-state index in [2.05, 4.69) is 45.7 Å². The molecule has 0 unspecified atom stereocenters. The molecule has 6 heteroatoms. The largest absolute Gasteiger partial charge is 0.324 e. The topological polar surface area (TPSA) is 29.9 Å². The fraction of sp³-hybridized carbons (Fsp3) is 0.381. The molecule has 3 nitrogen and oxygen atoms in total. The van der Waals surface area contributed by atoms with Crippen LogP contribution in [0.3, 0.4) is 0 Å². The number of hydrogen-bond acceptors (Lipinski definition) is 2. The molecule has 0 aliphatic carbocycles. The first-order valence-corrected chi connectivity index (χ1v) is 10.9. The van der Waals surface area contributed by atoms with Crippen molar-refractivity contribution in [3.8, 4) is 0 Å². The third-order valence-corrected chi connectivity index (χ3v) is 6.01. The summed E-state index contributed by atoms with van der Waals surface area (Å²) in [5.74, 6) is 1.25. The summed E-state index contributed by atoms with van der Waals surface area (Å²) in [6.07, 6.45) is 4.65. The van der Waals surface area contributed by atoms with Crippen LogP contribution in [0, 0.1) is 0 Å². The fourth-order valence-corrected chi connectivity index (χ4v) is 4.54. The van der Waals surface area contributed by atoms with Crippen molar-refractivity contribution in [1.29, 1.82) is 0 Å². The van der Waals surface area contributed by atoms with E-state index in [4.69, 9.17) is 28.2 Å². The molecule has 0 atom stereocenters. The number of fused-ring (bicyclic) bond motifs is 1. The molecule has 0 saturated carbocycles. The molecule has 1 aromatic heterocycles. The zero-order valence-corrected chi connectivity index (χ0v) is 18.9. The Hall–Kier alpha value is -1.23. The Morgan fingerprint density at radius 3 is 2.41 bits per heavy atom. The molecule has 3 rings (SSSR count). The van der Waals surface area contributed by atoms with Gasteiger partial charge in [0.05, 0.1) is 21.2 Å². The number of nitrogens with one attached hydrogen (secondary N) is 1. The fourth-order valence-electron chi connectivity index (χ4n) is 3.62. The number of halogens is 3. The van der Waals surface area contributed by atoms with Crippen LogP contribution in [0.1, 0.15) is 51.0 Å². The third-order valence-electron chi connectivity index (χ3n) is 4.90. The normalized spacial score (nSPS) is 11.5. The maximum absolute atomic E-state index is 6.49. The van der Waals surface area contributed by atoms with Crippen molar-refractivity contribution in [3.05, 3.63) is 50.4 Å². The molecule has 27 heavy (non-hydrogen) atoms. The van der Waals surface area contributed by atoms with Crippen LogP contribution in [0.25, 0.3) is 11.0 Å².